The molecule has 1 aromatic carbocycles. The number of fused-ring (bicyclic) bond motifs is 1. The van der Waals surface area contributed by atoms with E-state index in [1.54, 1.807) is 48.8 Å². The molecule has 0 fully saturated rings. The van der Waals surface area contributed by atoms with Crippen LogP contribution in [0.4, 0.5) is 0 Å². The van der Waals surface area contributed by atoms with E-state index in [2.05, 4.69) is 9.71 Å². The van der Waals surface area contributed by atoms with Crippen molar-refractivity contribution in [1.82, 2.24) is 9.71 Å². The zero-order chi connectivity index (χ0) is 16.5. The van der Waals surface area contributed by atoms with Crippen molar-refractivity contribution in [3.8, 4) is 0 Å². The van der Waals surface area contributed by atoms with Gasteiger partial charge >= 0.3 is 0 Å². The summed E-state index contributed by atoms with van der Waals surface area (Å²) in [5, 5.41) is 14.7. The molecule has 0 spiro atoms. The molecule has 0 aliphatic carbocycles. The topological polar surface area (TPSA) is 79.3 Å². The second kappa shape index (κ2) is 6.01. The summed E-state index contributed by atoms with van der Waals surface area (Å²) in [6.45, 7) is 1.48. The van der Waals surface area contributed by atoms with E-state index in [0.717, 1.165) is 0 Å². The van der Waals surface area contributed by atoms with Crippen molar-refractivity contribution in [3.63, 3.8) is 0 Å². The molecule has 1 unspecified atom stereocenters. The van der Waals surface area contributed by atoms with E-state index in [-0.39, 0.29) is 11.4 Å². The fourth-order valence-corrected chi connectivity index (χ4v) is 4.42. The largest absolute Gasteiger partial charge is 0.384 e. The molecule has 3 rings (SSSR count). The number of nitrogens with one attached hydrogen (secondary N) is 1. The van der Waals surface area contributed by atoms with Crippen molar-refractivity contribution >= 4 is 32.3 Å². The van der Waals surface area contributed by atoms with Gasteiger partial charge in [-0.2, -0.15) is 11.3 Å². The van der Waals surface area contributed by atoms with Crippen molar-refractivity contribution in [1.29, 1.82) is 0 Å². The third-order valence-electron chi connectivity index (χ3n) is 3.64. The van der Waals surface area contributed by atoms with E-state index < -0.39 is 15.6 Å². The molecule has 0 aliphatic heterocycles. The fourth-order valence-electron chi connectivity index (χ4n) is 2.30. The number of aliphatic hydroxyl groups is 1. The highest BCUT2D eigenvalue weighted by Crippen LogP contribution is 2.24. The molecule has 5 nitrogen and oxygen atoms in total. The van der Waals surface area contributed by atoms with Crippen molar-refractivity contribution < 1.29 is 13.5 Å². The lowest BCUT2D eigenvalue weighted by molar-refractivity contribution is 0.0632. The summed E-state index contributed by atoms with van der Waals surface area (Å²) >= 11 is 1.45. The summed E-state index contributed by atoms with van der Waals surface area (Å²) < 4.78 is 27.7. The van der Waals surface area contributed by atoms with Crippen LogP contribution in [0.2, 0.25) is 0 Å². The highest BCUT2D eigenvalue weighted by Gasteiger charge is 2.27. The molecule has 120 valence electrons. The Kier molecular flexibility index (Phi) is 4.20. The number of pyridine rings is 1. The first kappa shape index (κ1) is 16.1. The SMILES string of the molecule is CC(O)(CNS(=O)(=O)c1cccc2ncccc12)c1ccsc1. The van der Waals surface area contributed by atoms with Gasteiger partial charge in [0, 0.05) is 18.1 Å². The molecule has 3 aromatic rings. The molecular weight excluding hydrogens is 332 g/mol. The minimum Gasteiger partial charge on any atom is -0.384 e. The Morgan fingerprint density at radius 3 is 2.83 bits per heavy atom. The van der Waals surface area contributed by atoms with Crippen LogP contribution < -0.4 is 4.72 Å². The van der Waals surface area contributed by atoms with E-state index in [1.165, 1.54) is 17.4 Å². The van der Waals surface area contributed by atoms with Crippen molar-refractivity contribution in [3.05, 3.63) is 58.9 Å². The van der Waals surface area contributed by atoms with Gasteiger partial charge in [0.1, 0.15) is 5.60 Å². The average Bonchev–Trinajstić information content (AvgIpc) is 3.08. The molecule has 1 atom stereocenters. The van der Waals surface area contributed by atoms with Gasteiger partial charge in [0.15, 0.2) is 0 Å². The predicted molar refractivity (Wildman–Crippen MR) is 90.8 cm³/mol. The second-order valence-corrected chi connectivity index (χ2v) is 7.95. The Bertz CT molecular complexity index is 914. The number of aromatic nitrogens is 1. The number of nitrogens with zero attached hydrogens (tertiary/aromatic N) is 1. The van der Waals surface area contributed by atoms with Crippen molar-refractivity contribution in [2.24, 2.45) is 0 Å². The number of benzene rings is 1. The van der Waals surface area contributed by atoms with Crippen LogP contribution in [0.3, 0.4) is 0 Å². The molecule has 0 saturated heterocycles. The van der Waals surface area contributed by atoms with Crippen LogP contribution in [0.5, 0.6) is 0 Å². The molecule has 7 heteroatoms. The zero-order valence-corrected chi connectivity index (χ0v) is 14.1. The normalized spacial score (nSPS) is 14.7. The third-order valence-corrected chi connectivity index (χ3v) is 5.79. The molecule has 23 heavy (non-hydrogen) atoms. The Labute approximate surface area is 138 Å². The summed E-state index contributed by atoms with van der Waals surface area (Å²) in [4.78, 5) is 4.32. The van der Waals surface area contributed by atoms with Gasteiger partial charge in [0.05, 0.1) is 10.4 Å². The summed E-state index contributed by atoms with van der Waals surface area (Å²) in [5.74, 6) is 0. The van der Waals surface area contributed by atoms with Gasteiger partial charge in [-0.3, -0.25) is 4.98 Å². The minimum atomic E-state index is -3.76. The van der Waals surface area contributed by atoms with E-state index in [4.69, 9.17) is 0 Å². The lowest BCUT2D eigenvalue weighted by Gasteiger charge is -2.23. The first-order valence-electron chi connectivity index (χ1n) is 6.99. The summed E-state index contributed by atoms with van der Waals surface area (Å²) in [6, 6.07) is 10.1. The van der Waals surface area contributed by atoms with Crippen LogP contribution in [0.25, 0.3) is 10.9 Å². The fraction of sp³-hybridized carbons (Fsp3) is 0.188. The summed E-state index contributed by atoms with van der Waals surface area (Å²) in [7, 11) is -3.76. The Hall–Kier alpha value is -1.80. The lowest BCUT2D eigenvalue weighted by atomic mass is 10.0. The van der Waals surface area contributed by atoms with Crippen LogP contribution in [0.1, 0.15) is 12.5 Å². The Morgan fingerprint density at radius 1 is 1.26 bits per heavy atom. The van der Waals surface area contributed by atoms with Gasteiger partial charge in [-0.25, -0.2) is 13.1 Å². The summed E-state index contributed by atoms with van der Waals surface area (Å²) in [5.41, 5.74) is 0.0281. The minimum absolute atomic E-state index is 0.108. The molecule has 0 radical (unpaired) electrons. The maximum atomic E-state index is 12.6. The molecule has 2 heterocycles. The Morgan fingerprint density at radius 2 is 2.09 bits per heavy atom. The standard InChI is InChI=1S/C16H16N2O3S2/c1-16(19,12-7-9-22-10-12)11-18-23(20,21)15-6-2-5-14-13(15)4-3-8-17-14/h2-10,18-19H,11H2,1H3. The zero-order valence-electron chi connectivity index (χ0n) is 12.4. The van der Waals surface area contributed by atoms with E-state index in [1.807, 2.05) is 5.38 Å². The number of rotatable bonds is 5. The molecule has 0 bridgehead atoms. The number of hydrogen-bond acceptors (Lipinski definition) is 5. The third kappa shape index (κ3) is 3.28. The maximum absolute atomic E-state index is 12.6. The average molecular weight is 348 g/mol. The predicted octanol–water partition coefficient (Wildman–Crippen LogP) is 2.48. The monoisotopic (exact) mass is 348 g/mol. The molecule has 0 amide bonds. The van der Waals surface area contributed by atoms with Crippen LogP contribution in [0.15, 0.2) is 58.3 Å². The first-order valence-corrected chi connectivity index (χ1v) is 9.41. The molecule has 0 saturated carbocycles. The molecule has 2 aromatic heterocycles. The van der Waals surface area contributed by atoms with E-state index in [9.17, 15) is 13.5 Å². The lowest BCUT2D eigenvalue weighted by Crippen LogP contribution is -2.38. The molecule has 2 N–H and O–H groups in total. The number of sulfonamides is 1. The van der Waals surface area contributed by atoms with Gasteiger partial charge in [-0.1, -0.05) is 6.07 Å². The van der Waals surface area contributed by atoms with Crippen molar-refractivity contribution in [2.75, 3.05) is 6.54 Å². The number of hydrogen-bond donors (Lipinski definition) is 2. The highest BCUT2D eigenvalue weighted by atomic mass is 32.2. The van der Waals surface area contributed by atoms with Gasteiger partial charge in [0.2, 0.25) is 10.0 Å². The highest BCUT2D eigenvalue weighted by molar-refractivity contribution is 7.89. The van der Waals surface area contributed by atoms with Gasteiger partial charge < -0.3 is 5.11 Å². The molecule has 0 aliphatic rings. The van der Waals surface area contributed by atoms with Crippen molar-refractivity contribution in [2.45, 2.75) is 17.4 Å². The van der Waals surface area contributed by atoms with Crippen LogP contribution in [0, 0.1) is 0 Å². The van der Waals surface area contributed by atoms with Crippen LogP contribution in [-0.2, 0) is 15.6 Å². The quantitative estimate of drug-likeness (QED) is 0.742. The van der Waals surface area contributed by atoms with Crippen LogP contribution in [-0.4, -0.2) is 25.1 Å². The van der Waals surface area contributed by atoms with E-state index >= 15 is 0 Å². The molecular formula is C16H16N2O3S2. The van der Waals surface area contributed by atoms with Gasteiger partial charge in [-0.05, 0) is 53.6 Å². The smallest absolute Gasteiger partial charge is 0.241 e. The number of thiophene rings is 1. The first-order chi connectivity index (χ1) is 10.9. The second-order valence-electron chi connectivity index (χ2n) is 5.44. The van der Waals surface area contributed by atoms with Gasteiger partial charge in [0.25, 0.3) is 0 Å². The summed E-state index contributed by atoms with van der Waals surface area (Å²) in [6.07, 6.45) is 1.62. The van der Waals surface area contributed by atoms with Crippen LogP contribution >= 0.6 is 11.3 Å². The Balaban J connectivity index is 1.90. The van der Waals surface area contributed by atoms with Gasteiger partial charge in [-0.15, -0.1) is 0 Å². The van der Waals surface area contributed by atoms with E-state index in [0.29, 0.717) is 16.5 Å². The maximum Gasteiger partial charge on any atom is 0.241 e.